The molecule has 112 valence electrons. The summed E-state index contributed by atoms with van der Waals surface area (Å²) >= 11 is 0. The van der Waals surface area contributed by atoms with Crippen LogP contribution in [0.1, 0.15) is 31.9 Å². The smallest absolute Gasteiger partial charge is 0.207 e. The lowest BCUT2D eigenvalue weighted by Crippen LogP contribution is -2.24. The van der Waals surface area contributed by atoms with Crippen molar-refractivity contribution in [3.8, 4) is 0 Å². The summed E-state index contributed by atoms with van der Waals surface area (Å²) in [4.78, 5) is 0.311. The monoisotopic (exact) mass is 303 g/mol. The minimum Gasteiger partial charge on any atom is -0.207 e. The highest BCUT2D eigenvalue weighted by Crippen LogP contribution is 2.24. The van der Waals surface area contributed by atoms with Gasteiger partial charge in [0.1, 0.15) is 0 Å². The molecule has 0 saturated carbocycles. The number of hydrogen-bond acceptors (Lipinski definition) is 2. The van der Waals surface area contributed by atoms with Crippen molar-refractivity contribution in [2.24, 2.45) is 0 Å². The van der Waals surface area contributed by atoms with Crippen molar-refractivity contribution in [2.45, 2.75) is 37.6 Å². The zero-order valence-corrected chi connectivity index (χ0v) is 13.4. The van der Waals surface area contributed by atoms with Crippen molar-refractivity contribution in [1.82, 2.24) is 4.72 Å². The Morgan fingerprint density at radius 2 is 1.62 bits per heavy atom. The summed E-state index contributed by atoms with van der Waals surface area (Å²) in [6.07, 6.45) is 0. The van der Waals surface area contributed by atoms with Crippen LogP contribution in [0.15, 0.2) is 59.5 Å². The molecule has 0 aromatic heterocycles. The first-order valence-corrected chi connectivity index (χ1v) is 8.41. The maximum Gasteiger partial charge on any atom is 0.240 e. The SMILES string of the molecule is CC(C)(C)c1cccc(S(=O)(=O)NCc2ccccc2)c1. The molecule has 0 unspecified atom stereocenters. The average molecular weight is 303 g/mol. The summed E-state index contributed by atoms with van der Waals surface area (Å²) < 4.78 is 27.4. The van der Waals surface area contributed by atoms with E-state index < -0.39 is 10.0 Å². The van der Waals surface area contributed by atoms with Crippen molar-refractivity contribution >= 4 is 10.0 Å². The molecule has 1 N–H and O–H groups in total. The lowest BCUT2D eigenvalue weighted by atomic mass is 9.87. The Morgan fingerprint density at radius 1 is 0.952 bits per heavy atom. The highest BCUT2D eigenvalue weighted by atomic mass is 32.2. The quantitative estimate of drug-likeness (QED) is 0.940. The first-order chi connectivity index (χ1) is 9.79. The lowest BCUT2D eigenvalue weighted by Gasteiger charge is -2.19. The zero-order chi connectivity index (χ0) is 15.5. The second kappa shape index (κ2) is 6.00. The Kier molecular flexibility index (Phi) is 4.49. The van der Waals surface area contributed by atoms with E-state index in [4.69, 9.17) is 0 Å². The zero-order valence-electron chi connectivity index (χ0n) is 12.6. The highest BCUT2D eigenvalue weighted by Gasteiger charge is 2.18. The minimum absolute atomic E-state index is 0.0784. The van der Waals surface area contributed by atoms with Crippen LogP contribution in [0.3, 0.4) is 0 Å². The van der Waals surface area contributed by atoms with E-state index in [0.717, 1.165) is 11.1 Å². The third-order valence-corrected chi connectivity index (χ3v) is 4.72. The molecular formula is C17H21NO2S. The Bertz CT molecular complexity index is 701. The van der Waals surface area contributed by atoms with Gasteiger partial charge in [-0.1, -0.05) is 63.2 Å². The third-order valence-electron chi connectivity index (χ3n) is 3.32. The molecule has 21 heavy (non-hydrogen) atoms. The van der Waals surface area contributed by atoms with Crippen LogP contribution in [0.5, 0.6) is 0 Å². The van der Waals surface area contributed by atoms with Crippen LogP contribution in [-0.4, -0.2) is 8.42 Å². The summed E-state index contributed by atoms with van der Waals surface area (Å²) in [5.41, 5.74) is 1.86. The topological polar surface area (TPSA) is 46.2 Å². The summed E-state index contributed by atoms with van der Waals surface area (Å²) in [5.74, 6) is 0. The van der Waals surface area contributed by atoms with Crippen LogP contribution in [0.25, 0.3) is 0 Å². The van der Waals surface area contributed by atoms with Crippen LogP contribution < -0.4 is 4.72 Å². The number of nitrogens with one attached hydrogen (secondary N) is 1. The number of rotatable bonds is 4. The normalized spacial score (nSPS) is 12.3. The molecule has 0 atom stereocenters. The van der Waals surface area contributed by atoms with E-state index in [-0.39, 0.29) is 5.41 Å². The van der Waals surface area contributed by atoms with Gasteiger partial charge in [0.15, 0.2) is 0 Å². The molecule has 0 aliphatic heterocycles. The summed E-state index contributed by atoms with van der Waals surface area (Å²) in [5, 5.41) is 0. The number of benzene rings is 2. The average Bonchev–Trinajstić information content (AvgIpc) is 2.46. The van der Waals surface area contributed by atoms with E-state index in [9.17, 15) is 8.42 Å². The van der Waals surface area contributed by atoms with Gasteiger partial charge in [-0.05, 0) is 28.7 Å². The van der Waals surface area contributed by atoms with E-state index in [1.54, 1.807) is 18.2 Å². The van der Waals surface area contributed by atoms with Crippen LogP contribution in [0, 0.1) is 0 Å². The van der Waals surface area contributed by atoms with E-state index in [0.29, 0.717) is 11.4 Å². The molecule has 2 rings (SSSR count). The molecule has 0 spiro atoms. The molecule has 0 heterocycles. The van der Waals surface area contributed by atoms with Gasteiger partial charge < -0.3 is 0 Å². The molecule has 0 radical (unpaired) electrons. The van der Waals surface area contributed by atoms with E-state index in [1.807, 2.05) is 36.4 Å². The molecule has 2 aromatic rings. The van der Waals surface area contributed by atoms with E-state index in [2.05, 4.69) is 25.5 Å². The van der Waals surface area contributed by atoms with Crippen LogP contribution in [0.2, 0.25) is 0 Å². The molecule has 4 heteroatoms. The Hall–Kier alpha value is -1.65. The first kappa shape index (κ1) is 15.7. The predicted molar refractivity (Wildman–Crippen MR) is 85.6 cm³/mol. The summed E-state index contributed by atoms with van der Waals surface area (Å²) in [6.45, 7) is 6.49. The van der Waals surface area contributed by atoms with Gasteiger partial charge in [0, 0.05) is 6.54 Å². The summed E-state index contributed by atoms with van der Waals surface area (Å²) in [6, 6.07) is 16.6. The third kappa shape index (κ3) is 4.16. The first-order valence-electron chi connectivity index (χ1n) is 6.93. The van der Waals surface area contributed by atoms with Gasteiger partial charge >= 0.3 is 0 Å². The molecule has 0 bridgehead atoms. The minimum atomic E-state index is -3.49. The molecule has 3 nitrogen and oxygen atoms in total. The second-order valence-corrected chi connectivity index (χ2v) is 7.85. The maximum absolute atomic E-state index is 12.4. The van der Waals surface area contributed by atoms with Gasteiger partial charge in [0.25, 0.3) is 0 Å². The van der Waals surface area contributed by atoms with Crippen molar-refractivity contribution in [3.05, 3.63) is 65.7 Å². The summed E-state index contributed by atoms with van der Waals surface area (Å²) in [7, 11) is -3.49. The number of sulfonamides is 1. The van der Waals surface area contributed by atoms with Crippen molar-refractivity contribution in [2.75, 3.05) is 0 Å². The standard InChI is InChI=1S/C17H21NO2S/c1-17(2,3)15-10-7-11-16(12-15)21(19,20)18-13-14-8-5-4-6-9-14/h4-12,18H,13H2,1-3H3. The molecule has 0 fully saturated rings. The van der Waals surface area contributed by atoms with Crippen molar-refractivity contribution in [1.29, 1.82) is 0 Å². The highest BCUT2D eigenvalue weighted by molar-refractivity contribution is 7.89. The Balaban J connectivity index is 2.20. The molecule has 0 aliphatic carbocycles. The van der Waals surface area contributed by atoms with Crippen LogP contribution in [0.4, 0.5) is 0 Å². The fourth-order valence-corrected chi connectivity index (χ4v) is 3.05. The van der Waals surface area contributed by atoms with Crippen LogP contribution in [-0.2, 0) is 22.0 Å². The Morgan fingerprint density at radius 3 is 2.24 bits per heavy atom. The molecule has 0 saturated heterocycles. The molecule has 0 aliphatic rings. The van der Waals surface area contributed by atoms with Crippen LogP contribution >= 0.6 is 0 Å². The fraction of sp³-hybridized carbons (Fsp3) is 0.294. The molecule has 0 amide bonds. The van der Waals surface area contributed by atoms with Gasteiger partial charge in [-0.15, -0.1) is 0 Å². The van der Waals surface area contributed by atoms with Gasteiger partial charge in [-0.2, -0.15) is 0 Å². The van der Waals surface area contributed by atoms with Gasteiger partial charge in [0.2, 0.25) is 10.0 Å². The molecular weight excluding hydrogens is 282 g/mol. The van der Waals surface area contributed by atoms with Gasteiger partial charge in [-0.3, -0.25) is 0 Å². The second-order valence-electron chi connectivity index (χ2n) is 6.09. The Labute approximate surface area is 127 Å². The van der Waals surface area contributed by atoms with Crippen molar-refractivity contribution in [3.63, 3.8) is 0 Å². The van der Waals surface area contributed by atoms with E-state index >= 15 is 0 Å². The number of hydrogen-bond donors (Lipinski definition) is 1. The fourth-order valence-electron chi connectivity index (χ4n) is 1.99. The predicted octanol–water partition coefficient (Wildman–Crippen LogP) is 3.46. The van der Waals surface area contributed by atoms with Crippen molar-refractivity contribution < 1.29 is 8.42 Å². The van der Waals surface area contributed by atoms with Gasteiger partial charge in [-0.25, -0.2) is 13.1 Å². The van der Waals surface area contributed by atoms with E-state index in [1.165, 1.54) is 0 Å². The lowest BCUT2D eigenvalue weighted by molar-refractivity contribution is 0.576. The van der Waals surface area contributed by atoms with Gasteiger partial charge in [0.05, 0.1) is 4.90 Å². The largest absolute Gasteiger partial charge is 0.240 e. The molecule has 2 aromatic carbocycles. The maximum atomic E-state index is 12.4.